The molecular formula is C16H30N2O2. The fraction of sp³-hybridized carbons (Fsp3) is 0.938. The van der Waals surface area contributed by atoms with Gasteiger partial charge in [0.05, 0.1) is 13.0 Å². The molecule has 2 aliphatic rings. The third-order valence-corrected chi connectivity index (χ3v) is 4.90. The van der Waals surface area contributed by atoms with E-state index in [4.69, 9.17) is 4.74 Å². The van der Waals surface area contributed by atoms with E-state index in [-0.39, 0.29) is 11.5 Å². The molecule has 116 valence electrons. The van der Waals surface area contributed by atoms with Crippen molar-refractivity contribution in [1.82, 2.24) is 9.80 Å². The molecule has 0 aromatic rings. The molecule has 1 atom stereocenters. The number of hydrogen-bond acceptors (Lipinski definition) is 4. The Morgan fingerprint density at radius 1 is 1.20 bits per heavy atom. The molecule has 0 bridgehead atoms. The molecule has 0 saturated carbocycles. The Hall–Kier alpha value is -0.610. The van der Waals surface area contributed by atoms with Crippen LogP contribution in [0.4, 0.5) is 0 Å². The molecule has 1 unspecified atom stereocenters. The van der Waals surface area contributed by atoms with Gasteiger partial charge in [-0.15, -0.1) is 0 Å². The van der Waals surface area contributed by atoms with E-state index in [9.17, 15) is 4.79 Å². The van der Waals surface area contributed by atoms with Crippen LogP contribution >= 0.6 is 0 Å². The van der Waals surface area contributed by atoms with Crippen LogP contribution < -0.4 is 0 Å². The third kappa shape index (κ3) is 3.53. The van der Waals surface area contributed by atoms with Crippen molar-refractivity contribution in [2.24, 2.45) is 0 Å². The first-order valence-electron chi connectivity index (χ1n) is 8.22. The smallest absolute Gasteiger partial charge is 0.307 e. The van der Waals surface area contributed by atoms with Crippen LogP contribution in [0, 0.1) is 0 Å². The van der Waals surface area contributed by atoms with E-state index in [1.54, 1.807) is 0 Å². The van der Waals surface area contributed by atoms with E-state index in [1.807, 2.05) is 6.92 Å². The number of esters is 1. The second-order valence-corrected chi connectivity index (χ2v) is 6.57. The van der Waals surface area contributed by atoms with Crippen LogP contribution in [-0.2, 0) is 9.53 Å². The van der Waals surface area contributed by atoms with E-state index in [2.05, 4.69) is 23.6 Å². The molecule has 0 aliphatic carbocycles. The van der Waals surface area contributed by atoms with Gasteiger partial charge in [0.1, 0.15) is 0 Å². The van der Waals surface area contributed by atoms with Gasteiger partial charge in [-0.3, -0.25) is 14.6 Å². The van der Waals surface area contributed by atoms with Crippen LogP contribution in [0.1, 0.15) is 52.9 Å². The summed E-state index contributed by atoms with van der Waals surface area (Å²) in [4.78, 5) is 17.1. The minimum Gasteiger partial charge on any atom is -0.466 e. The van der Waals surface area contributed by atoms with Crippen molar-refractivity contribution in [3.63, 3.8) is 0 Å². The number of hydrogen-bond donors (Lipinski definition) is 0. The van der Waals surface area contributed by atoms with Crippen LogP contribution in [0.15, 0.2) is 0 Å². The number of carbonyl (C=O) groups is 1. The number of nitrogens with zero attached hydrogens (tertiary/aromatic N) is 2. The Balaban J connectivity index is 2.09. The minimum atomic E-state index is -0.0244. The molecule has 2 saturated heterocycles. The predicted octanol–water partition coefficient (Wildman–Crippen LogP) is 2.28. The highest BCUT2D eigenvalue weighted by Gasteiger charge is 2.45. The average molecular weight is 282 g/mol. The first-order chi connectivity index (χ1) is 9.57. The number of carbonyl (C=O) groups excluding carboxylic acids is 1. The van der Waals surface area contributed by atoms with Gasteiger partial charge in [-0.25, -0.2) is 0 Å². The topological polar surface area (TPSA) is 32.8 Å². The van der Waals surface area contributed by atoms with Crippen LogP contribution in [0.3, 0.4) is 0 Å². The normalized spacial score (nSPS) is 29.0. The largest absolute Gasteiger partial charge is 0.466 e. The highest BCUT2D eigenvalue weighted by atomic mass is 16.5. The molecule has 0 aromatic carbocycles. The summed E-state index contributed by atoms with van der Waals surface area (Å²) in [6.45, 7) is 11.3. The number of ether oxygens (including phenoxy) is 1. The van der Waals surface area contributed by atoms with Crippen molar-refractivity contribution in [1.29, 1.82) is 0 Å². The molecule has 2 heterocycles. The van der Waals surface area contributed by atoms with Crippen molar-refractivity contribution in [2.45, 2.75) is 64.5 Å². The molecule has 4 heteroatoms. The predicted molar refractivity (Wildman–Crippen MR) is 80.7 cm³/mol. The Morgan fingerprint density at radius 3 is 2.45 bits per heavy atom. The molecule has 0 aromatic heterocycles. The van der Waals surface area contributed by atoms with Crippen molar-refractivity contribution in [3.8, 4) is 0 Å². The first kappa shape index (κ1) is 15.8. The van der Waals surface area contributed by atoms with Crippen molar-refractivity contribution in [3.05, 3.63) is 0 Å². The summed E-state index contributed by atoms with van der Waals surface area (Å²) in [7, 11) is 0. The van der Waals surface area contributed by atoms with Crippen LogP contribution in [0.5, 0.6) is 0 Å². The van der Waals surface area contributed by atoms with Gasteiger partial charge in [0.25, 0.3) is 0 Å². The van der Waals surface area contributed by atoms with Gasteiger partial charge < -0.3 is 4.74 Å². The fourth-order valence-electron chi connectivity index (χ4n) is 3.69. The van der Waals surface area contributed by atoms with E-state index >= 15 is 0 Å². The molecule has 0 radical (unpaired) electrons. The second-order valence-electron chi connectivity index (χ2n) is 6.57. The summed E-state index contributed by atoms with van der Waals surface area (Å²) in [6, 6.07) is 0.559. The average Bonchev–Trinajstić information content (AvgIpc) is 2.86. The lowest BCUT2D eigenvalue weighted by atomic mass is 9.89. The lowest BCUT2D eigenvalue weighted by molar-refractivity contribution is -0.146. The maximum absolute atomic E-state index is 12.1. The van der Waals surface area contributed by atoms with Crippen LogP contribution in [0.25, 0.3) is 0 Å². The lowest BCUT2D eigenvalue weighted by Gasteiger charge is -2.43. The molecular weight excluding hydrogens is 252 g/mol. The van der Waals surface area contributed by atoms with Crippen LogP contribution in [-0.4, -0.2) is 60.1 Å². The summed E-state index contributed by atoms with van der Waals surface area (Å²) in [5.41, 5.74) is 0.0247. The molecule has 0 N–H and O–H groups in total. The van der Waals surface area contributed by atoms with E-state index in [0.29, 0.717) is 19.1 Å². The summed E-state index contributed by atoms with van der Waals surface area (Å²) in [5.74, 6) is -0.0244. The van der Waals surface area contributed by atoms with Gasteiger partial charge in [-0.2, -0.15) is 0 Å². The standard InChI is InChI=1S/C16H30N2O2/c1-4-20-15(19)12-16(18-9-6-5-7-10-18)8-11-17(13-16)14(2)3/h14H,4-13H2,1-3H3. The first-order valence-corrected chi connectivity index (χ1v) is 8.22. The summed E-state index contributed by atoms with van der Waals surface area (Å²) >= 11 is 0. The molecule has 0 amide bonds. The van der Waals surface area contributed by atoms with Crippen molar-refractivity contribution < 1.29 is 9.53 Å². The maximum Gasteiger partial charge on any atom is 0.307 e. The van der Waals surface area contributed by atoms with Gasteiger partial charge in [0.15, 0.2) is 0 Å². The summed E-state index contributed by atoms with van der Waals surface area (Å²) < 4.78 is 5.23. The van der Waals surface area contributed by atoms with Gasteiger partial charge >= 0.3 is 5.97 Å². The van der Waals surface area contributed by atoms with Crippen molar-refractivity contribution in [2.75, 3.05) is 32.8 Å². The summed E-state index contributed by atoms with van der Waals surface area (Å²) in [5, 5.41) is 0. The molecule has 20 heavy (non-hydrogen) atoms. The molecule has 2 aliphatic heterocycles. The highest BCUT2D eigenvalue weighted by Crippen LogP contribution is 2.34. The zero-order valence-corrected chi connectivity index (χ0v) is 13.4. The monoisotopic (exact) mass is 282 g/mol. The van der Waals surface area contributed by atoms with E-state index < -0.39 is 0 Å². The van der Waals surface area contributed by atoms with Gasteiger partial charge in [-0.1, -0.05) is 6.42 Å². The van der Waals surface area contributed by atoms with Gasteiger partial charge in [0, 0.05) is 24.7 Å². The molecule has 4 nitrogen and oxygen atoms in total. The Morgan fingerprint density at radius 2 is 1.90 bits per heavy atom. The Kier molecular flexibility index (Phi) is 5.44. The van der Waals surface area contributed by atoms with Crippen LogP contribution in [0.2, 0.25) is 0 Å². The Labute approximate surface area is 123 Å². The fourth-order valence-corrected chi connectivity index (χ4v) is 3.69. The Bertz CT molecular complexity index is 326. The number of piperidine rings is 1. The zero-order chi connectivity index (χ0) is 14.6. The van der Waals surface area contributed by atoms with Crippen molar-refractivity contribution >= 4 is 5.97 Å². The highest BCUT2D eigenvalue weighted by molar-refractivity contribution is 5.71. The number of likely N-dealkylation sites (tertiary alicyclic amines) is 2. The lowest BCUT2D eigenvalue weighted by Crippen LogP contribution is -2.54. The van der Waals surface area contributed by atoms with E-state index in [0.717, 1.165) is 32.6 Å². The third-order valence-electron chi connectivity index (χ3n) is 4.90. The molecule has 2 rings (SSSR count). The summed E-state index contributed by atoms with van der Waals surface area (Å²) in [6.07, 6.45) is 5.53. The van der Waals surface area contributed by atoms with E-state index in [1.165, 1.54) is 19.3 Å². The van der Waals surface area contributed by atoms with Gasteiger partial charge in [-0.05, 0) is 53.1 Å². The maximum atomic E-state index is 12.1. The molecule has 2 fully saturated rings. The second kappa shape index (κ2) is 6.90. The minimum absolute atomic E-state index is 0.0244. The molecule has 0 spiro atoms. The quantitative estimate of drug-likeness (QED) is 0.724. The SMILES string of the molecule is CCOC(=O)CC1(N2CCCCC2)CCN(C(C)C)C1. The zero-order valence-electron chi connectivity index (χ0n) is 13.4. The van der Waals surface area contributed by atoms with Gasteiger partial charge in [0.2, 0.25) is 0 Å². The number of rotatable bonds is 5.